The summed E-state index contributed by atoms with van der Waals surface area (Å²) in [6.45, 7) is 0.00282. The van der Waals surface area contributed by atoms with Crippen molar-refractivity contribution in [1.29, 1.82) is 0 Å². The number of hydrogen-bond donors (Lipinski definition) is 1. The van der Waals surface area contributed by atoms with E-state index in [1.807, 2.05) is 0 Å². The molecule has 2 aromatic carbocycles. The molecule has 0 saturated carbocycles. The van der Waals surface area contributed by atoms with Gasteiger partial charge in [-0.05, 0) is 30.3 Å². The van der Waals surface area contributed by atoms with Gasteiger partial charge in [0.05, 0.1) is 18.5 Å². The first-order valence-electron chi connectivity index (χ1n) is 6.46. The highest BCUT2D eigenvalue weighted by Gasteiger charge is 2.19. The molecule has 2 aromatic rings. The lowest BCUT2D eigenvalue weighted by atomic mass is 10.00. The molecule has 0 atom stereocenters. The Morgan fingerprint density at radius 1 is 1.24 bits per heavy atom. The van der Waals surface area contributed by atoms with E-state index >= 15 is 0 Å². The van der Waals surface area contributed by atoms with E-state index in [1.54, 1.807) is 37.4 Å². The van der Waals surface area contributed by atoms with E-state index in [-0.39, 0.29) is 18.3 Å². The molecule has 1 aliphatic rings. The zero-order valence-electron chi connectivity index (χ0n) is 11.4. The Hall–Kier alpha value is -2.69. The van der Waals surface area contributed by atoms with Gasteiger partial charge in [0.2, 0.25) is 5.91 Å². The predicted octanol–water partition coefficient (Wildman–Crippen LogP) is 2.62. The van der Waals surface area contributed by atoms with Gasteiger partial charge >= 0.3 is 0 Å². The summed E-state index contributed by atoms with van der Waals surface area (Å²) in [5.74, 6) is 0.102. The highest BCUT2D eigenvalue weighted by molar-refractivity contribution is 6.19. The molecule has 0 bridgehead atoms. The van der Waals surface area contributed by atoms with Crippen LogP contribution in [0.4, 0.5) is 10.1 Å². The van der Waals surface area contributed by atoms with Crippen LogP contribution >= 0.6 is 0 Å². The number of hydrogen-bond acceptors (Lipinski definition) is 3. The molecule has 1 N–H and O–H groups in total. The maximum absolute atomic E-state index is 13.5. The Morgan fingerprint density at radius 2 is 2.10 bits per heavy atom. The average Bonchev–Trinajstić information content (AvgIpc) is 2.64. The quantitative estimate of drug-likeness (QED) is 0.921. The van der Waals surface area contributed by atoms with Crippen LogP contribution in [0.3, 0.4) is 0 Å². The minimum Gasteiger partial charge on any atom is -0.497 e. The number of nitrogens with one attached hydrogen (secondary N) is 1. The molecule has 21 heavy (non-hydrogen) atoms. The average molecular weight is 284 g/mol. The molecule has 0 spiro atoms. The van der Waals surface area contributed by atoms with Crippen molar-refractivity contribution in [3.63, 3.8) is 0 Å². The molecular formula is C16H13FN2O2. The van der Waals surface area contributed by atoms with E-state index < -0.39 is 0 Å². The summed E-state index contributed by atoms with van der Waals surface area (Å²) < 4.78 is 18.7. The van der Waals surface area contributed by atoms with Gasteiger partial charge in [-0.15, -0.1) is 0 Å². The second-order valence-corrected chi connectivity index (χ2v) is 4.63. The third-order valence-electron chi connectivity index (χ3n) is 3.23. The van der Waals surface area contributed by atoms with Crippen LogP contribution in [0.15, 0.2) is 47.5 Å². The van der Waals surface area contributed by atoms with E-state index in [2.05, 4.69) is 10.3 Å². The number of anilines is 1. The summed E-state index contributed by atoms with van der Waals surface area (Å²) in [5, 5.41) is 2.79. The topological polar surface area (TPSA) is 50.7 Å². The van der Waals surface area contributed by atoms with Crippen molar-refractivity contribution in [2.45, 2.75) is 0 Å². The number of benzene rings is 2. The third-order valence-corrected chi connectivity index (χ3v) is 3.23. The molecular weight excluding hydrogens is 271 g/mol. The molecule has 4 nitrogen and oxygen atoms in total. The molecule has 5 heteroatoms. The van der Waals surface area contributed by atoms with Gasteiger partial charge in [0.25, 0.3) is 0 Å². The van der Waals surface area contributed by atoms with Crippen LogP contribution < -0.4 is 10.1 Å². The van der Waals surface area contributed by atoms with Crippen molar-refractivity contribution in [2.24, 2.45) is 4.99 Å². The van der Waals surface area contributed by atoms with Crippen LogP contribution in [-0.2, 0) is 4.79 Å². The number of halogens is 1. The SMILES string of the molecule is COc1ccc2c(c1)C(c1cccc(F)c1)=NCC(=O)N2. The normalized spacial score (nSPS) is 13.8. The van der Waals surface area contributed by atoms with Crippen LogP contribution in [0.1, 0.15) is 11.1 Å². The fourth-order valence-electron chi connectivity index (χ4n) is 2.26. The lowest BCUT2D eigenvalue weighted by Crippen LogP contribution is -2.13. The molecule has 0 unspecified atom stereocenters. The van der Waals surface area contributed by atoms with Crippen molar-refractivity contribution in [2.75, 3.05) is 19.0 Å². The Labute approximate surface area is 121 Å². The first kappa shape index (κ1) is 13.3. The largest absolute Gasteiger partial charge is 0.497 e. The highest BCUT2D eigenvalue weighted by Crippen LogP contribution is 2.27. The predicted molar refractivity (Wildman–Crippen MR) is 78.5 cm³/mol. The molecule has 1 aliphatic heterocycles. The number of fused-ring (bicyclic) bond motifs is 1. The Kier molecular flexibility index (Phi) is 3.39. The lowest BCUT2D eigenvalue weighted by Gasteiger charge is -2.11. The maximum atomic E-state index is 13.5. The van der Waals surface area contributed by atoms with Gasteiger partial charge in [0.15, 0.2) is 0 Å². The van der Waals surface area contributed by atoms with E-state index in [1.165, 1.54) is 12.1 Å². The van der Waals surface area contributed by atoms with Crippen LogP contribution in [-0.4, -0.2) is 25.3 Å². The number of carbonyl (C=O) groups is 1. The number of aliphatic imine (C=N–C) groups is 1. The molecule has 3 rings (SSSR count). The fourth-order valence-corrected chi connectivity index (χ4v) is 2.26. The van der Waals surface area contributed by atoms with Gasteiger partial charge in [-0.25, -0.2) is 4.39 Å². The van der Waals surface area contributed by atoms with Crippen LogP contribution in [0.5, 0.6) is 5.75 Å². The Balaban J connectivity index is 2.18. The molecule has 0 radical (unpaired) electrons. The molecule has 106 valence electrons. The molecule has 1 amide bonds. The first-order chi connectivity index (χ1) is 10.2. The summed E-state index contributed by atoms with van der Waals surface area (Å²) in [6, 6.07) is 11.5. The highest BCUT2D eigenvalue weighted by atomic mass is 19.1. The Morgan fingerprint density at radius 3 is 2.86 bits per heavy atom. The molecule has 0 saturated heterocycles. The number of amides is 1. The minimum absolute atomic E-state index is 0.00282. The number of nitrogens with zero attached hydrogens (tertiary/aromatic N) is 1. The van der Waals surface area contributed by atoms with Gasteiger partial charge in [-0.3, -0.25) is 9.79 Å². The molecule has 0 fully saturated rings. The smallest absolute Gasteiger partial charge is 0.246 e. The monoisotopic (exact) mass is 284 g/mol. The fraction of sp³-hybridized carbons (Fsp3) is 0.125. The molecule has 1 heterocycles. The summed E-state index contributed by atoms with van der Waals surface area (Å²) in [7, 11) is 1.57. The first-order valence-corrected chi connectivity index (χ1v) is 6.46. The van der Waals surface area contributed by atoms with Crippen molar-refractivity contribution in [3.05, 3.63) is 59.4 Å². The number of methoxy groups -OCH3 is 1. The minimum atomic E-state index is -0.344. The van der Waals surface area contributed by atoms with Crippen molar-refractivity contribution < 1.29 is 13.9 Å². The van der Waals surface area contributed by atoms with E-state index in [4.69, 9.17) is 4.74 Å². The maximum Gasteiger partial charge on any atom is 0.246 e. The van der Waals surface area contributed by atoms with Crippen molar-refractivity contribution >= 4 is 17.3 Å². The second-order valence-electron chi connectivity index (χ2n) is 4.63. The standard InChI is InChI=1S/C16H13FN2O2/c1-21-12-5-6-14-13(8-12)16(18-9-15(20)19-14)10-3-2-4-11(17)7-10/h2-8H,9H2,1H3,(H,19,20). The number of rotatable bonds is 2. The summed E-state index contributed by atoms with van der Waals surface area (Å²) >= 11 is 0. The van der Waals surface area contributed by atoms with Gasteiger partial charge < -0.3 is 10.1 Å². The zero-order valence-corrected chi connectivity index (χ0v) is 11.4. The summed E-state index contributed by atoms with van der Waals surface area (Å²) in [5.41, 5.74) is 2.55. The number of carbonyl (C=O) groups excluding carboxylic acids is 1. The van der Waals surface area contributed by atoms with Crippen LogP contribution in [0.2, 0.25) is 0 Å². The van der Waals surface area contributed by atoms with Crippen molar-refractivity contribution in [1.82, 2.24) is 0 Å². The van der Waals surface area contributed by atoms with Gasteiger partial charge in [0.1, 0.15) is 18.1 Å². The van der Waals surface area contributed by atoms with Crippen molar-refractivity contribution in [3.8, 4) is 5.75 Å². The Bertz CT molecular complexity index is 741. The lowest BCUT2D eigenvalue weighted by molar-refractivity contribution is -0.114. The third kappa shape index (κ3) is 2.63. The number of benzodiazepines with no additional fused rings is 1. The second kappa shape index (κ2) is 5.36. The molecule has 0 aromatic heterocycles. The van der Waals surface area contributed by atoms with Gasteiger partial charge in [0, 0.05) is 11.1 Å². The van der Waals surface area contributed by atoms with E-state index in [0.29, 0.717) is 28.3 Å². The molecule has 0 aliphatic carbocycles. The van der Waals surface area contributed by atoms with E-state index in [0.717, 1.165) is 0 Å². The van der Waals surface area contributed by atoms with Crippen LogP contribution in [0, 0.1) is 5.82 Å². The summed E-state index contributed by atoms with van der Waals surface area (Å²) in [6.07, 6.45) is 0. The van der Waals surface area contributed by atoms with Gasteiger partial charge in [-0.2, -0.15) is 0 Å². The number of ether oxygens (including phenoxy) is 1. The van der Waals surface area contributed by atoms with E-state index in [9.17, 15) is 9.18 Å². The van der Waals surface area contributed by atoms with Gasteiger partial charge in [-0.1, -0.05) is 12.1 Å². The summed E-state index contributed by atoms with van der Waals surface area (Å²) in [4.78, 5) is 16.0. The van der Waals surface area contributed by atoms with Crippen LogP contribution in [0.25, 0.3) is 0 Å². The zero-order chi connectivity index (χ0) is 14.8.